The summed E-state index contributed by atoms with van der Waals surface area (Å²) >= 11 is 0. The molecule has 8 nitrogen and oxygen atoms in total. The standard InChI is InChI=1S/C26H27N3O5/c1-2-33-26(32)20-19-23(25(31)21-17(24(19)30)9-6-11-27-21)29-15-7-10-18(22(20)29)34-16-8-14-28-12-4-3-5-13-28/h6-7,9-11,15H,2-5,8,12-14,16H2,1H3. The highest BCUT2D eigenvalue weighted by Crippen LogP contribution is 2.37. The van der Waals surface area contributed by atoms with Gasteiger partial charge in [-0.1, -0.05) is 6.42 Å². The number of fused-ring (bicyclic) bond motifs is 4. The molecule has 1 saturated heterocycles. The molecular formula is C26H27N3O5. The van der Waals surface area contributed by atoms with E-state index in [0.717, 1.165) is 26.1 Å². The van der Waals surface area contributed by atoms with Crippen molar-refractivity contribution in [2.45, 2.75) is 32.6 Å². The molecule has 0 saturated carbocycles. The van der Waals surface area contributed by atoms with Crippen molar-refractivity contribution in [2.75, 3.05) is 32.8 Å². The molecule has 1 aliphatic carbocycles. The second kappa shape index (κ2) is 9.38. The SMILES string of the molecule is CCOC(=O)c1c2c(n3cccc(OCCCN4CCCCC4)c13)C(=O)c1ncccc1C2=O. The van der Waals surface area contributed by atoms with Crippen molar-refractivity contribution in [1.82, 2.24) is 14.3 Å². The fraction of sp³-hybridized carbons (Fsp3) is 0.385. The molecule has 0 spiro atoms. The van der Waals surface area contributed by atoms with E-state index in [2.05, 4.69) is 9.88 Å². The third-order valence-electron chi connectivity index (χ3n) is 6.44. The van der Waals surface area contributed by atoms with Gasteiger partial charge >= 0.3 is 5.97 Å². The van der Waals surface area contributed by atoms with Crippen molar-refractivity contribution >= 4 is 23.1 Å². The normalized spacial score (nSPS) is 15.8. The highest BCUT2D eigenvalue weighted by molar-refractivity contribution is 6.31. The summed E-state index contributed by atoms with van der Waals surface area (Å²) in [5.41, 5.74) is 0.879. The van der Waals surface area contributed by atoms with Gasteiger partial charge < -0.3 is 18.8 Å². The first-order valence-corrected chi connectivity index (χ1v) is 11.9. The zero-order chi connectivity index (χ0) is 23.7. The summed E-state index contributed by atoms with van der Waals surface area (Å²) in [5, 5.41) is 0. The number of ketones is 2. The first-order valence-electron chi connectivity index (χ1n) is 11.9. The zero-order valence-corrected chi connectivity index (χ0v) is 19.2. The first-order chi connectivity index (χ1) is 16.6. The van der Waals surface area contributed by atoms with Crippen LogP contribution in [0, 0.1) is 0 Å². The Balaban J connectivity index is 1.54. The van der Waals surface area contributed by atoms with Gasteiger partial charge in [0.2, 0.25) is 5.78 Å². The van der Waals surface area contributed by atoms with Crippen molar-refractivity contribution in [1.29, 1.82) is 0 Å². The van der Waals surface area contributed by atoms with E-state index in [4.69, 9.17) is 9.47 Å². The van der Waals surface area contributed by atoms with Crippen LogP contribution in [0.3, 0.4) is 0 Å². The van der Waals surface area contributed by atoms with Crippen LogP contribution in [-0.2, 0) is 4.74 Å². The van der Waals surface area contributed by atoms with E-state index >= 15 is 0 Å². The largest absolute Gasteiger partial charge is 0.491 e. The summed E-state index contributed by atoms with van der Waals surface area (Å²) < 4.78 is 13.0. The van der Waals surface area contributed by atoms with E-state index in [0.29, 0.717) is 17.9 Å². The Morgan fingerprint density at radius 3 is 2.71 bits per heavy atom. The lowest BCUT2D eigenvalue weighted by Gasteiger charge is -2.26. The lowest BCUT2D eigenvalue weighted by Crippen LogP contribution is -2.31. The molecule has 0 unspecified atom stereocenters. The molecule has 8 heteroatoms. The molecule has 0 aromatic carbocycles. The van der Waals surface area contributed by atoms with Crippen molar-refractivity contribution in [3.8, 4) is 5.75 Å². The Kier molecular flexibility index (Phi) is 6.15. The van der Waals surface area contributed by atoms with Gasteiger partial charge in [0, 0.05) is 18.9 Å². The quantitative estimate of drug-likeness (QED) is 0.307. The number of esters is 1. The van der Waals surface area contributed by atoms with E-state index in [1.54, 1.807) is 41.8 Å². The van der Waals surface area contributed by atoms with E-state index in [9.17, 15) is 14.4 Å². The number of piperidine rings is 1. The van der Waals surface area contributed by atoms with E-state index < -0.39 is 17.5 Å². The van der Waals surface area contributed by atoms with Gasteiger partial charge in [0.05, 0.1) is 24.3 Å². The van der Waals surface area contributed by atoms with Crippen LogP contribution < -0.4 is 4.74 Å². The summed E-state index contributed by atoms with van der Waals surface area (Å²) in [6, 6.07) is 6.66. The second-order valence-electron chi connectivity index (χ2n) is 8.57. The molecule has 5 rings (SSSR count). The number of likely N-dealkylation sites (tertiary alicyclic amines) is 1. The molecule has 4 heterocycles. The molecule has 1 fully saturated rings. The highest BCUT2D eigenvalue weighted by atomic mass is 16.5. The maximum Gasteiger partial charge on any atom is 0.341 e. The number of carbonyl (C=O) groups is 3. The molecule has 2 aliphatic rings. The minimum absolute atomic E-state index is 0.0494. The number of nitrogens with zero attached hydrogens (tertiary/aromatic N) is 3. The number of hydrogen-bond acceptors (Lipinski definition) is 7. The first kappa shape index (κ1) is 22.3. The molecule has 0 radical (unpaired) electrons. The topological polar surface area (TPSA) is 90.2 Å². The smallest absolute Gasteiger partial charge is 0.341 e. The fourth-order valence-electron chi connectivity index (χ4n) is 4.91. The highest BCUT2D eigenvalue weighted by Gasteiger charge is 2.40. The molecule has 3 aromatic rings. The van der Waals surface area contributed by atoms with Crippen LogP contribution in [0.5, 0.6) is 5.75 Å². The average Bonchev–Trinajstić information content (AvgIpc) is 3.22. The van der Waals surface area contributed by atoms with Crippen LogP contribution in [0.4, 0.5) is 0 Å². The van der Waals surface area contributed by atoms with Gasteiger partial charge in [-0.3, -0.25) is 14.6 Å². The lowest BCUT2D eigenvalue weighted by atomic mass is 9.89. The molecule has 0 amide bonds. The summed E-state index contributed by atoms with van der Waals surface area (Å²) in [6.07, 6.45) is 7.74. The molecule has 34 heavy (non-hydrogen) atoms. The van der Waals surface area contributed by atoms with Gasteiger partial charge in [-0.2, -0.15) is 0 Å². The Morgan fingerprint density at radius 2 is 1.91 bits per heavy atom. The van der Waals surface area contributed by atoms with Crippen molar-refractivity contribution < 1.29 is 23.9 Å². The van der Waals surface area contributed by atoms with Crippen LogP contribution >= 0.6 is 0 Å². The Morgan fingerprint density at radius 1 is 1.09 bits per heavy atom. The van der Waals surface area contributed by atoms with Crippen LogP contribution in [0.25, 0.3) is 5.52 Å². The fourth-order valence-corrected chi connectivity index (χ4v) is 4.91. The predicted molar refractivity (Wildman–Crippen MR) is 125 cm³/mol. The van der Waals surface area contributed by atoms with Crippen LogP contribution in [0.2, 0.25) is 0 Å². The molecule has 3 aromatic heterocycles. The number of carbonyl (C=O) groups excluding carboxylic acids is 3. The molecule has 0 N–H and O–H groups in total. The molecule has 176 valence electrons. The third kappa shape index (κ3) is 3.77. The Bertz CT molecular complexity index is 1270. The van der Waals surface area contributed by atoms with Crippen molar-refractivity contribution in [2.24, 2.45) is 0 Å². The van der Waals surface area contributed by atoms with E-state index in [1.807, 2.05) is 0 Å². The number of hydrogen-bond donors (Lipinski definition) is 0. The predicted octanol–water partition coefficient (Wildman–Crippen LogP) is 3.54. The van der Waals surface area contributed by atoms with Crippen molar-refractivity contribution in [3.05, 3.63) is 64.7 Å². The maximum absolute atomic E-state index is 13.4. The van der Waals surface area contributed by atoms with E-state index in [-0.39, 0.29) is 34.7 Å². The molecule has 0 atom stereocenters. The zero-order valence-electron chi connectivity index (χ0n) is 19.2. The third-order valence-corrected chi connectivity index (χ3v) is 6.44. The average molecular weight is 462 g/mol. The monoisotopic (exact) mass is 461 g/mol. The summed E-state index contributed by atoms with van der Waals surface area (Å²) in [5.74, 6) is -1.03. The summed E-state index contributed by atoms with van der Waals surface area (Å²) in [7, 11) is 0. The molecule has 1 aliphatic heterocycles. The van der Waals surface area contributed by atoms with Gasteiger partial charge in [0.25, 0.3) is 0 Å². The minimum atomic E-state index is -0.654. The van der Waals surface area contributed by atoms with Crippen LogP contribution in [0.15, 0.2) is 36.7 Å². The van der Waals surface area contributed by atoms with Crippen LogP contribution in [0.1, 0.15) is 75.1 Å². The van der Waals surface area contributed by atoms with Gasteiger partial charge in [-0.25, -0.2) is 4.79 Å². The van der Waals surface area contributed by atoms with E-state index in [1.165, 1.54) is 25.5 Å². The lowest BCUT2D eigenvalue weighted by molar-refractivity contribution is 0.0525. The van der Waals surface area contributed by atoms with Gasteiger partial charge in [0.1, 0.15) is 28.2 Å². The molecular weight excluding hydrogens is 434 g/mol. The number of ether oxygens (including phenoxy) is 2. The minimum Gasteiger partial charge on any atom is -0.491 e. The van der Waals surface area contributed by atoms with Gasteiger partial charge in [-0.05, 0) is 63.5 Å². The number of rotatable bonds is 7. The molecule has 0 bridgehead atoms. The number of pyridine rings is 2. The number of aromatic nitrogens is 2. The Labute approximate surface area is 197 Å². The second-order valence-corrected chi connectivity index (χ2v) is 8.57. The van der Waals surface area contributed by atoms with Gasteiger partial charge in [-0.15, -0.1) is 0 Å². The van der Waals surface area contributed by atoms with Gasteiger partial charge in [0.15, 0.2) is 5.78 Å². The Hall–Kier alpha value is -3.52. The maximum atomic E-state index is 13.4. The van der Waals surface area contributed by atoms with Crippen LogP contribution in [-0.4, -0.2) is 64.7 Å². The van der Waals surface area contributed by atoms with Crippen molar-refractivity contribution in [3.63, 3.8) is 0 Å². The summed E-state index contributed by atoms with van der Waals surface area (Å²) in [6.45, 7) is 5.48. The summed E-state index contributed by atoms with van der Waals surface area (Å²) in [4.78, 5) is 46.5.